The molecule has 1 aromatic carbocycles. The van der Waals surface area contributed by atoms with Gasteiger partial charge in [-0.25, -0.2) is 0 Å². The highest BCUT2D eigenvalue weighted by Gasteiger charge is 2.26. The number of hydrogen-bond donors (Lipinski definition) is 3. The van der Waals surface area contributed by atoms with Gasteiger partial charge in [0, 0.05) is 6.04 Å². The number of aromatic hydroxyl groups is 2. The van der Waals surface area contributed by atoms with Gasteiger partial charge >= 0.3 is 0 Å². The van der Waals surface area contributed by atoms with Gasteiger partial charge in [-0.15, -0.1) is 17.0 Å². The number of nitrogens with one attached hydrogen (secondary N) is 1. The summed E-state index contributed by atoms with van der Waals surface area (Å²) in [4.78, 5) is 0. The smallest absolute Gasteiger partial charge is 0.178 e. The van der Waals surface area contributed by atoms with E-state index in [2.05, 4.69) is 5.32 Å². The lowest BCUT2D eigenvalue weighted by atomic mass is 9.94. The van der Waals surface area contributed by atoms with Crippen LogP contribution in [0.15, 0.2) is 0 Å². The summed E-state index contributed by atoms with van der Waals surface area (Å²) in [6.45, 7) is 2.73. The number of hydrogen-bond acceptors (Lipinski definition) is 3. The Morgan fingerprint density at radius 1 is 1.19 bits per heavy atom. The molecule has 0 bridgehead atoms. The van der Waals surface area contributed by atoms with Gasteiger partial charge in [0.15, 0.2) is 11.5 Å². The van der Waals surface area contributed by atoms with Crippen molar-refractivity contribution in [2.45, 2.75) is 19.4 Å². The average Bonchev–Trinajstić information content (AvgIpc) is 2.23. The van der Waals surface area contributed by atoms with E-state index in [1.165, 1.54) is 0 Å². The van der Waals surface area contributed by atoms with E-state index in [1.54, 1.807) is 0 Å². The van der Waals surface area contributed by atoms with E-state index >= 15 is 0 Å². The van der Waals surface area contributed by atoms with Gasteiger partial charge in [-0.1, -0.05) is 23.2 Å². The van der Waals surface area contributed by atoms with Crippen molar-refractivity contribution in [1.29, 1.82) is 0 Å². The largest absolute Gasteiger partial charge is 0.503 e. The zero-order valence-electron chi connectivity index (χ0n) is 8.55. The van der Waals surface area contributed by atoms with Crippen LogP contribution in [0.3, 0.4) is 0 Å². The normalized spacial score (nSPS) is 18.8. The molecule has 0 saturated heterocycles. The molecule has 2 rings (SSSR count). The second kappa shape index (κ2) is 5.00. The Hall–Kier alpha value is -0.160. The first kappa shape index (κ1) is 13.9. The number of halogens is 3. The molecule has 1 heterocycles. The fourth-order valence-corrected chi connectivity index (χ4v) is 2.59. The summed E-state index contributed by atoms with van der Waals surface area (Å²) in [6, 6.07) is 0.0326. The van der Waals surface area contributed by atoms with E-state index < -0.39 is 0 Å². The minimum absolute atomic E-state index is 0. The summed E-state index contributed by atoms with van der Waals surface area (Å²) in [5.74, 6) is -0.662. The molecule has 1 aliphatic rings. The number of rotatable bonds is 0. The molecule has 3 N–H and O–H groups in total. The predicted octanol–water partition coefficient (Wildman–Crippen LogP) is 3.19. The average molecular weight is 329 g/mol. The third kappa shape index (κ3) is 1.99. The monoisotopic (exact) mass is 327 g/mol. The highest BCUT2D eigenvalue weighted by atomic mass is 79.9. The summed E-state index contributed by atoms with van der Waals surface area (Å²) in [7, 11) is 0. The van der Waals surface area contributed by atoms with Gasteiger partial charge < -0.3 is 15.5 Å². The predicted molar refractivity (Wildman–Crippen MR) is 70.2 cm³/mol. The maximum absolute atomic E-state index is 9.57. The van der Waals surface area contributed by atoms with E-state index in [1.807, 2.05) is 6.92 Å². The number of phenolic OH excluding ortho intramolecular Hbond substituents is 2. The molecule has 0 saturated carbocycles. The Morgan fingerprint density at radius 2 is 1.75 bits per heavy atom. The van der Waals surface area contributed by atoms with Gasteiger partial charge in [-0.2, -0.15) is 0 Å². The van der Waals surface area contributed by atoms with Gasteiger partial charge in [0.05, 0.1) is 10.0 Å². The Labute approximate surface area is 114 Å². The standard InChI is InChI=1S/C10H11Cl2NO2.BrH/c1-4-6-5(2-3-13-4)7(11)9(14)10(15)8(6)12;/h4,13-15H,2-3H2,1H3;1H. The maximum atomic E-state index is 9.57. The van der Waals surface area contributed by atoms with Gasteiger partial charge in [0.25, 0.3) is 0 Å². The second-order valence-corrected chi connectivity index (χ2v) is 4.40. The van der Waals surface area contributed by atoms with Crippen LogP contribution in [0.4, 0.5) is 0 Å². The van der Waals surface area contributed by atoms with E-state index in [0.717, 1.165) is 17.7 Å². The Morgan fingerprint density at radius 3 is 2.38 bits per heavy atom. The maximum Gasteiger partial charge on any atom is 0.178 e. The molecule has 1 aliphatic heterocycles. The number of phenols is 2. The summed E-state index contributed by atoms with van der Waals surface area (Å²) in [6.07, 6.45) is 0.700. The highest BCUT2D eigenvalue weighted by molar-refractivity contribution is 8.93. The van der Waals surface area contributed by atoms with E-state index in [9.17, 15) is 10.2 Å². The minimum atomic E-state index is -0.337. The van der Waals surface area contributed by atoms with Gasteiger partial charge in [0.1, 0.15) is 0 Å². The molecule has 6 heteroatoms. The molecule has 90 valence electrons. The van der Waals surface area contributed by atoms with Crippen LogP contribution in [-0.4, -0.2) is 16.8 Å². The molecular formula is C10H12BrCl2NO2. The zero-order valence-corrected chi connectivity index (χ0v) is 11.8. The van der Waals surface area contributed by atoms with Crippen LogP contribution in [0.25, 0.3) is 0 Å². The first-order valence-electron chi connectivity index (χ1n) is 4.69. The van der Waals surface area contributed by atoms with Crippen LogP contribution in [0.5, 0.6) is 11.5 Å². The molecule has 0 aromatic heterocycles. The molecule has 0 aliphatic carbocycles. The molecule has 0 radical (unpaired) electrons. The summed E-state index contributed by atoms with van der Waals surface area (Å²) in [5, 5.41) is 22.7. The molecule has 1 aromatic rings. The van der Waals surface area contributed by atoms with Crippen LogP contribution in [0, 0.1) is 0 Å². The molecule has 1 atom stereocenters. The Bertz CT molecular complexity index is 426. The van der Waals surface area contributed by atoms with Crippen molar-refractivity contribution in [3.63, 3.8) is 0 Å². The second-order valence-electron chi connectivity index (χ2n) is 3.64. The molecule has 0 amide bonds. The topological polar surface area (TPSA) is 52.5 Å². The summed E-state index contributed by atoms with van der Waals surface area (Å²) < 4.78 is 0. The van der Waals surface area contributed by atoms with Crippen molar-refractivity contribution in [3.8, 4) is 11.5 Å². The Kier molecular flexibility index (Phi) is 4.35. The number of benzene rings is 1. The first-order valence-corrected chi connectivity index (χ1v) is 5.44. The quantitative estimate of drug-likeness (QED) is 0.641. The fraction of sp³-hybridized carbons (Fsp3) is 0.400. The minimum Gasteiger partial charge on any atom is -0.503 e. The molecule has 16 heavy (non-hydrogen) atoms. The third-order valence-electron chi connectivity index (χ3n) is 2.73. The van der Waals surface area contributed by atoms with Crippen molar-refractivity contribution in [1.82, 2.24) is 5.32 Å². The third-order valence-corrected chi connectivity index (χ3v) is 3.51. The van der Waals surface area contributed by atoms with Crippen molar-refractivity contribution < 1.29 is 10.2 Å². The highest BCUT2D eigenvalue weighted by Crippen LogP contribution is 2.47. The van der Waals surface area contributed by atoms with Crippen LogP contribution in [-0.2, 0) is 6.42 Å². The van der Waals surface area contributed by atoms with Crippen LogP contribution >= 0.6 is 40.2 Å². The summed E-state index contributed by atoms with van der Waals surface area (Å²) >= 11 is 11.9. The molecular weight excluding hydrogens is 317 g/mol. The number of fused-ring (bicyclic) bond motifs is 1. The fourth-order valence-electron chi connectivity index (χ4n) is 1.94. The molecule has 0 fully saturated rings. The van der Waals surface area contributed by atoms with Gasteiger partial charge in [-0.05, 0) is 31.0 Å². The lowest BCUT2D eigenvalue weighted by molar-refractivity contribution is 0.400. The lowest BCUT2D eigenvalue weighted by Gasteiger charge is -2.26. The van der Waals surface area contributed by atoms with Crippen LogP contribution in [0.2, 0.25) is 10.0 Å². The van der Waals surface area contributed by atoms with Crippen molar-refractivity contribution in [2.75, 3.05) is 6.54 Å². The molecule has 1 unspecified atom stereocenters. The zero-order chi connectivity index (χ0) is 11.2. The lowest BCUT2D eigenvalue weighted by Crippen LogP contribution is -2.28. The first-order chi connectivity index (χ1) is 7.04. The summed E-state index contributed by atoms with van der Waals surface area (Å²) in [5.41, 5.74) is 1.60. The SMILES string of the molecule is Br.CC1NCCc2c(Cl)c(O)c(O)c(Cl)c21. The van der Waals surface area contributed by atoms with Crippen LogP contribution in [0.1, 0.15) is 24.1 Å². The van der Waals surface area contributed by atoms with Gasteiger partial charge in [-0.3, -0.25) is 0 Å². The van der Waals surface area contributed by atoms with Gasteiger partial charge in [0.2, 0.25) is 0 Å². The van der Waals surface area contributed by atoms with Crippen molar-refractivity contribution in [3.05, 3.63) is 21.2 Å². The Balaban J connectivity index is 0.00000128. The molecule has 3 nitrogen and oxygen atoms in total. The van der Waals surface area contributed by atoms with Crippen LogP contribution < -0.4 is 5.32 Å². The van der Waals surface area contributed by atoms with E-state index in [0.29, 0.717) is 6.42 Å². The van der Waals surface area contributed by atoms with E-state index in [-0.39, 0.29) is 44.6 Å². The molecule has 0 spiro atoms. The van der Waals surface area contributed by atoms with E-state index in [4.69, 9.17) is 23.2 Å². The van der Waals surface area contributed by atoms with Crippen molar-refractivity contribution >= 4 is 40.2 Å². The van der Waals surface area contributed by atoms with Crippen molar-refractivity contribution in [2.24, 2.45) is 0 Å².